The summed E-state index contributed by atoms with van der Waals surface area (Å²) in [6.07, 6.45) is 3.61. The molecule has 2 aromatic heterocycles. The molecule has 0 saturated carbocycles. The molecule has 4 aromatic rings. The van der Waals surface area contributed by atoms with Crippen molar-refractivity contribution >= 4 is 22.8 Å². The average molecular weight is 488 g/mol. The number of benzene rings is 2. The standard InChI is InChI=1S/C26H29N7O3/c1-35-20-10-18(11-21(12-20)36-2)26(34)29-13-16-5-7-17(8-6-16)23-22-24(27)30-15-31-25(22)33(32-23)19-4-3-9-28-14-19/h5-8,10-12,15,19,28H,3-4,9,13-14H2,1-2H3,(H,29,34)(H2,27,30,31)/t19-/m1/s1. The van der Waals surface area contributed by atoms with Gasteiger partial charge in [0.2, 0.25) is 0 Å². The molecule has 1 aliphatic rings. The molecule has 0 bridgehead atoms. The van der Waals surface area contributed by atoms with Crippen LogP contribution in [0.5, 0.6) is 11.5 Å². The lowest BCUT2D eigenvalue weighted by atomic mass is 10.1. The third-order valence-electron chi connectivity index (χ3n) is 6.43. The lowest BCUT2D eigenvalue weighted by Crippen LogP contribution is -2.32. The molecule has 0 radical (unpaired) electrons. The Morgan fingerprint density at radius 2 is 1.89 bits per heavy atom. The molecule has 1 fully saturated rings. The van der Waals surface area contributed by atoms with E-state index in [-0.39, 0.29) is 11.9 Å². The first-order valence-electron chi connectivity index (χ1n) is 11.9. The summed E-state index contributed by atoms with van der Waals surface area (Å²) < 4.78 is 12.5. The van der Waals surface area contributed by atoms with Crippen molar-refractivity contribution in [3.63, 3.8) is 0 Å². The monoisotopic (exact) mass is 487 g/mol. The summed E-state index contributed by atoms with van der Waals surface area (Å²) in [6.45, 7) is 2.23. The molecule has 0 spiro atoms. The van der Waals surface area contributed by atoms with E-state index >= 15 is 0 Å². The van der Waals surface area contributed by atoms with Gasteiger partial charge in [-0.2, -0.15) is 5.10 Å². The van der Waals surface area contributed by atoms with Crippen LogP contribution in [0.4, 0.5) is 5.82 Å². The predicted molar refractivity (Wildman–Crippen MR) is 137 cm³/mol. The first kappa shape index (κ1) is 23.6. The number of nitrogen functional groups attached to an aromatic ring is 1. The molecule has 1 aliphatic heterocycles. The number of fused-ring (bicyclic) bond motifs is 1. The SMILES string of the molecule is COc1cc(OC)cc(C(=O)NCc2ccc(-c3nn([C@@H]4CCCNC4)c4ncnc(N)c34)cc2)c1. The third-order valence-corrected chi connectivity index (χ3v) is 6.43. The first-order valence-corrected chi connectivity index (χ1v) is 11.9. The summed E-state index contributed by atoms with van der Waals surface area (Å²) in [5.41, 5.74) is 10.1. The van der Waals surface area contributed by atoms with Gasteiger partial charge < -0.3 is 25.8 Å². The molecular formula is C26H29N7O3. The van der Waals surface area contributed by atoms with Crippen molar-refractivity contribution in [3.8, 4) is 22.8 Å². The Hall–Kier alpha value is -4.18. The number of methoxy groups -OCH3 is 2. The Morgan fingerprint density at radius 3 is 2.56 bits per heavy atom. The molecule has 5 rings (SSSR count). The number of hydrogen-bond acceptors (Lipinski definition) is 8. The number of nitrogens with zero attached hydrogens (tertiary/aromatic N) is 4. The van der Waals surface area contributed by atoms with E-state index in [1.54, 1.807) is 32.4 Å². The quantitative estimate of drug-likeness (QED) is 0.363. The number of ether oxygens (including phenoxy) is 2. The molecule has 10 nitrogen and oxygen atoms in total. The van der Waals surface area contributed by atoms with Gasteiger partial charge in [0, 0.05) is 30.3 Å². The van der Waals surface area contributed by atoms with Crippen LogP contribution in [-0.4, -0.2) is 53.0 Å². The molecule has 36 heavy (non-hydrogen) atoms. The van der Waals surface area contributed by atoms with Crippen LogP contribution in [0.2, 0.25) is 0 Å². The maximum atomic E-state index is 12.7. The van der Waals surface area contributed by atoms with Crippen LogP contribution in [-0.2, 0) is 6.54 Å². The zero-order chi connectivity index (χ0) is 25.1. The zero-order valence-electron chi connectivity index (χ0n) is 20.3. The highest BCUT2D eigenvalue weighted by atomic mass is 16.5. The zero-order valence-corrected chi connectivity index (χ0v) is 20.3. The second-order valence-electron chi connectivity index (χ2n) is 8.73. The van der Waals surface area contributed by atoms with Crippen LogP contribution < -0.4 is 25.8 Å². The number of nitrogens with one attached hydrogen (secondary N) is 2. The Labute approximate surface area is 208 Å². The van der Waals surface area contributed by atoms with Crippen molar-refractivity contribution in [1.29, 1.82) is 0 Å². The number of nitrogens with two attached hydrogens (primary N) is 1. The van der Waals surface area contributed by atoms with Crippen molar-refractivity contribution in [2.75, 3.05) is 33.0 Å². The molecule has 186 valence electrons. The number of anilines is 1. The minimum atomic E-state index is -0.216. The van der Waals surface area contributed by atoms with Crippen molar-refractivity contribution in [1.82, 2.24) is 30.4 Å². The minimum absolute atomic E-state index is 0.216. The van der Waals surface area contributed by atoms with Crippen LogP contribution >= 0.6 is 0 Å². The number of rotatable bonds is 7. The van der Waals surface area contributed by atoms with E-state index < -0.39 is 0 Å². The molecule has 3 heterocycles. The first-order chi connectivity index (χ1) is 17.6. The van der Waals surface area contributed by atoms with Gasteiger partial charge >= 0.3 is 0 Å². The second-order valence-corrected chi connectivity index (χ2v) is 8.73. The number of piperidine rings is 1. The highest BCUT2D eigenvalue weighted by molar-refractivity contribution is 5.98. The predicted octanol–water partition coefficient (Wildman–Crippen LogP) is 2.95. The van der Waals surface area contributed by atoms with Crippen LogP contribution in [0.25, 0.3) is 22.3 Å². The van der Waals surface area contributed by atoms with Gasteiger partial charge in [0.15, 0.2) is 5.65 Å². The number of amides is 1. The second kappa shape index (κ2) is 10.2. The minimum Gasteiger partial charge on any atom is -0.497 e. The van der Waals surface area contributed by atoms with E-state index in [1.165, 1.54) is 6.33 Å². The smallest absolute Gasteiger partial charge is 0.251 e. The summed E-state index contributed by atoms with van der Waals surface area (Å²) >= 11 is 0. The summed E-state index contributed by atoms with van der Waals surface area (Å²) in [5, 5.41) is 12.1. The van der Waals surface area contributed by atoms with E-state index in [1.807, 2.05) is 28.9 Å². The molecule has 4 N–H and O–H groups in total. The molecule has 1 amide bonds. The highest BCUT2D eigenvalue weighted by Crippen LogP contribution is 2.33. The van der Waals surface area contributed by atoms with Gasteiger partial charge in [-0.25, -0.2) is 14.6 Å². The number of aromatic nitrogens is 4. The fourth-order valence-electron chi connectivity index (χ4n) is 4.50. The van der Waals surface area contributed by atoms with Gasteiger partial charge in [0.05, 0.1) is 25.6 Å². The number of carbonyl (C=O) groups is 1. The van der Waals surface area contributed by atoms with Crippen LogP contribution in [0.3, 0.4) is 0 Å². The van der Waals surface area contributed by atoms with Gasteiger partial charge in [-0.05, 0) is 37.1 Å². The molecule has 0 aliphatic carbocycles. The Kier molecular flexibility index (Phi) is 6.68. The van der Waals surface area contributed by atoms with Crippen molar-refractivity contribution in [2.45, 2.75) is 25.4 Å². The summed E-state index contributed by atoms with van der Waals surface area (Å²) in [5.74, 6) is 1.31. The molecule has 2 aromatic carbocycles. The molecule has 0 unspecified atom stereocenters. The van der Waals surface area contributed by atoms with Crippen molar-refractivity contribution in [2.24, 2.45) is 0 Å². The van der Waals surface area contributed by atoms with E-state index in [4.69, 9.17) is 20.3 Å². The van der Waals surface area contributed by atoms with Crippen LogP contribution in [0.15, 0.2) is 48.8 Å². The van der Waals surface area contributed by atoms with Gasteiger partial charge in [0.1, 0.15) is 29.3 Å². The molecular weight excluding hydrogens is 458 g/mol. The van der Waals surface area contributed by atoms with E-state index in [2.05, 4.69) is 20.6 Å². The Balaban J connectivity index is 1.36. The molecule has 1 atom stereocenters. The Bertz CT molecular complexity index is 1360. The number of hydrogen-bond donors (Lipinski definition) is 3. The van der Waals surface area contributed by atoms with Crippen LogP contribution in [0, 0.1) is 0 Å². The van der Waals surface area contributed by atoms with E-state index in [0.717, 1.165) is 53.8 Å². The lowest BCUT2D eigenvalue weighted by Gasteiger charge is -2.23. The normalized spacial score (nSPS) is 15.6. The number of carbonyl (C=O) groups excluding carboxylic acids is 1. The van der Waals surface area contributed by atoms with Gasteiger partial charge in [0.25, 0.3) is 5.91 Å². The van der Waals surface area contributed by atoms with Crippen molar-refractivity contribution in [3.05, 3.63) is 59.9 Å². The van der Waals surface area contributed by atoms with E-state index in [9.17, 15) is 4.79 Å². The van der Waals surface area contributed by atoms with Gasteiger partial charge in [-0.3, -0.25) is 4.79 Å². The third kappa shape index (κ3) is 4.67. The fraction of sp³-hybridized carbons (Fsp3) is 0.308. The summed E-state index contributed by atoms with van der Waals surface area (Å²) in [7, 11) is 3.10. The average Bonchev–Trinajstić information content (AvgIpc) is 3.33. The largest absolute Gasteiger partial charge is 0.497 e. The topological polar surface area (TPSA) is 129 Å². The molecule has 1 saturated heterocycles. The van der Waals surface area contributed by atoms with Gasteiger partial charge in [-0.15, -0.1) is 0 Å². The Morgan fingerprint density at radius 1 is 1.14 bits per heavy atom. The highest BCUT2D eigenvalue weighted by Gasteiger charge is 2.23. The maximum Gasteiger partial charge on any atom is 0.251 e. The maximum absolute atomic E-state index is 12.7. The van der Waals surface area contributed by atoms with Crippen molar-refractivity contribution < 1.29 is 14.3 Å². The van der Waals surface area contributed by atoms with Gasteiger partial charge in [-0.1, -0.05) is 24.3 Å². The van der Waals surface area contributed by atoms with Crippen LogP contribution in [0.1, 0.15) is 34.8 Å². The fourth-order valence-corrected chi connectivity index (χ4v) is 4.50. The summed E-state index contributed by atoms with van der Waals surface area (Å²) in [4.78, 5) is 21.4. The van der Waals surface area contributed by atoms with E-state index in [0.29, 0.717) is 29.4 Å². The summed E-state index contributed by atoms with van der Waals surface area (Å²) in [6, 6.07) is 13.2. The molecule has 10 heteroatoms. The lowest BCUT2D eigenvalue weighted by molar-refractivity contribution is 0.0950.